The Morgan fingerprint density at radius 1 is 1.07 bits per heavy atom. The molecule has 0 saturated heterocycles. The van der Waals surface area contributed by atoms with Gasteiger partial charge in [-0.05, 0) is 55.1 Å². The molecule has 0 saturated carbocycles. The van der Waals surface area contributed by atoms with Crippen LogP contribution in [0.2, 0.25) is 0 Å². The molecule has 0 fully saturated rings. The molecule has 1 amide bonds. The van der Waals surface area contributed by atoms with E-state index in [2.05, 4.69) is 10.3 Å². The van der Waals surface area contributed by atoms with Crippen molar-refractivity contribution in [1.29, 1.82) is 0 Å². The molecular formula is C24H24N2O2S. The van der Waals surface area contributed by atoms with E-state index >= 15 is 0 Å². The number of hydrogen-bond donors (Lipinski definition) is 1. The first-order valence-electron chi connectivity index (χ1n) is 9.52. The van der Waals surface area contributed by atoms with Gasteiger partial charge in [0.1, 0.15) is 5.75 Å². The molecule has 4 nitrogen and oxygen atoms in total. The number of nitrogens with zero attached hydrogens (tertiary/aromatic N) is 1. The highest BCUT2D eigenvalue weighted by atomic mass is 32.1. The van der Waals surface area contributed by atoms with Gasteiger partial charge in [0.2, 0.25) is 0 Å². The Morgan fingerprint density at radius 2 is 1.86 bits per heavy atom. The Kier molecular flexibility index (Phi) is 7.36. The highest BCUT2D eigenvalue weighted by Gasteiger charge is 2.08. The van der Waals surface area contributed by atoms with Gasteiger partial charge in [0.25, 0.3) is 5.91 Å². The molecule has 1 aromatic heterocycles. The minimum Gasteiger partial charge on any atom is -0.493 e. The normalized spacial score (nSPS) is 11.6. The van der Waals surface area contributed by atoms with Crippen LogP contribution in [0.5, 0.6) is 5.75 Å². The molecular weight excluding hydrogens is 380 g/mol. The SMILES string of the molecule is CC=N/C(=C\C)c1ccccc1OCCc1ccc(NC(=O)c2cccs2)cc1. The Labute approximate surface area is 175 Å². The third kappa shape index (κ3) is 5.65. The predicted octanol–water partition coefficient (Wildman–Crippen LogP) is 6.07. The quantitative estimate of drug-likeness (QED) is 0.463. The van der Waals surface area contributed by atoms with E-state index in [9.17, 15) is 4.79 Å². The molecule has 0 aliphatic heterocycles. The average Bonchev–Trinajstić information content (AvgIpc) is 3.29. The number of allylic oxidation sites excluding steroid dienone is 1. The lowest BCUT2D eigenvalue weighted by molar-refractivity contribution is 0.103. The van der Waals surface area contributed by atoms with Crippen molar-refractivity contribution in [3.63, 3.8) is 0 Å². The number of rotatable bonds is 8. The summed E-state index contributed by atoms with van der Waals surface area (Å²) in [5.74, 6) is 0.744. The maximum absolute atomic E-state index is 12.1. The highest BCUT2D eigenvalue weighted by molar-refractivity contribution is 7.12. The Morgan fingerprint density at radius 3 is 2.55 bits per heavy atom. The first kappa shape index (κ1) is 20.6. The van der Waals surface area contributed by atoms with E-state index in [-0.39, 0.29) is 5.91 Å². The maximum Gasteiger partial charge on any atom is 0.265 e. The van der Waals surface area contributed by atoms with Gasteiger partial charge >= 0.3 is 0 Å². The first-order valence-corrected chi connectivity index (χ1v) is 10.4. The summed E-state index contributed by atoms with van der Waals surface area (Å²) in [6.07, 6.45) is 4.53. The average molecular weight is 405 g/mol. The number of nitrogens with one attached hydrogen (secondary N) is 1. The number of carbonyl (C=O) groups excluding carboxylic acids is 1. The summed E-state index contributed by atoms with van der Waals surface area (Å²) in [5.41, 5.74) is 3.82. The van der Waals surface area contributed by atoms with E-state index in [0.717, 1.165) is 34.7 Å². The van der Waals surface area contributed by atoms with E-state index in [1.54, 1.807) is 6.21 Å². The van der Waals surface area contributed by atoms with Crippen LogP contribution in [0, 0.1) is 0 Å². The number of anilines is 1. The van der Waals surface area contributed by atoms with Crippen molar-refractivity contribution in [2.24, 2.45) is 4.99 Å². The Hall–Kier alpha value is -3.18. The number of aliphatic imine (C=N–C) groups is 1. The van der Waals surface area contributed by atoms with Gasteiger partial charge in [-0.1, -0.05) is 36.4 Å². The van der Waals surface area contributed by atoms with Gasteiger partial charge in [-0.3, -0.25) is 9.79 Å². The van der Waals surface area contributed by atoms with Gasteiger partial charge in [0, 0.05) is 23.9 Å². The van der Waals surface area contributed by atoms with Gasteiger partial charge < -0.3 is 10.1 Å². The zero-order chi connectivity index (χ0) is 20.5. The largest absolute Gasteiger partial charge is 0.493 e. The number of benzene rings is 2. The highest BCUT2D eigenvalue weighted by Crippen LogP contribution is 2.27. The molecule has 3 aromatic rings. The summed E-state index contributed by atoms with van der Waals surface area (Å²) in [6, 6.07) is 19.5. The molecule has 0 atom stereocenters. The van der Waals surface area contributed by atoms with E-state index < -0.39 is 0 Å². The number of thiophene rings is 1. The molecule has 0 bridgehead atoms. The fourth-order valence-corrected chi connectivity index (χ4v) is 3.50. The monoisotopic (exact) mass is 404 g/mol. The van der Waals surface area contributed by atoms with Crippen LogP contribution in [0.1, 0.15) is 34.6 Å². The zero-order valence-electron chi connectivity index (χ0n) is 16.6. The van der Waals surface area contributed by atoms with E-state index in [4.69, 9.17) is 4.74 Å². The second kappa shape index (κ2) is 10.4. The maximum atomic E-state index is 12.1. The van der Waals surface area contributed by atoms with Gasteiger partial charge in [-0.2, -0.15) is 0 Å². The molecule has 0 unspecified atom stereocenters. The lowest BCUT2D eigenvalue weighted by Gasteiger charge is -2.12. The third-order valence-electron chi connectivity index (χ3n) is 4.31. The lowest BCUT2D eigenvalue weighted by atomic mass is 10.1. The molecule has 29 heavy (non-hydrogen) atoms. The Bertz CT molecular complexity index is 990. The number of carbonyl (C=O) groups is 1. The predicted molar refractivity (Wildman–Crippen MR) is 122 cm³/mol. The van der Waals surface area contributed by atoms with Crippen LogP contribution in [-0.2, 0) is 6.42 Å². The van der Waals surface area contributed by atoms with Crippen molar-refractivity contribution in [2.75, 3.05) is 11.9 Å². The molecule has 1 heterocycles. The number of amides is 1. The standard InChI is InChI=1S/C24H24N2O2S/c1-3-21(25-4-2)20-8-5-6-9-22(20)28-16-15-18-11-13-19(14-12-18)26-24(27)23-10-7-17-29-23/h3-14,17H,15-16H2,1-2H3,(H,26,27)/b21-3-,25-4?. The zero-order valence-corrected chi connectivity index (χ0v) is 17.4. The van der Waals surface area contributed by atoms with Crippen LogP contribution in [0.4, 0.5) is 5.69 Å². The lowest BCUT2D eigenvalue weighted by Crippen LogP contribution is -2.10. The number of para-hydroxylation sites is 1. The van der Waals surface area contributed by atoms with Crippen molar-refractivity contribution in [3.8, 4) is 5.75 Å². The first-order chi connectivity index (χ1) is 14.2. The van der Waals surface area contributed by atoms with Crippen molar-refractivity contribution in [3.05, 3.63) is 88.1 Å². The number of hydrogen-bond acceptors (Lipinski definition) is 4. The van der Waals surface area contributed by atoms with E-state index in [0.29, 0.717) is 11.5 Å². The summed E-state index contributed by atoms with van der Waals surface area (Å²) >= 11 is 1.43. The topological polar surface area (TPSA) is 50.7 Å². The molecule has 2 aromatic carbocycles. The molecule has 0 radical (unpaired) electrons. The van der Waals surface area contributed by atoms with Crippen LogP contribution in [0.25, 0.3) is 5.70 Å². The minimum absolute atomic E-state index is 0.0813. The third-order valence-corrected chi connectivity index (χ3v) is 5.18. The van der Waals surface area contributed by atoms with Crippen molar-refractivity contribution >= 4 is 34.8 Å². The van der Waals surface area contributed by atoms with Gasteiger partial charge in [-0.15, -0.1) is 11.3 Å². The van der Waals surface area contributed by atoms with Crippen LogP contribution in [0.3, 0.4) is 0 Å². The van der Waals surface area contributed by atoms with Crippen LogP contribution >= 0.6 is 11.3 Å². The molecule has 1 N–H and O–H groups in total. The fourth-order valence-electron chi connectivity index (χ4n) is 2.88. The van der Waals surface area contributed by atoms with Gasteiger partial charge in [-0.25, -0.2) is 0 Å². The van der Waals surface area contributed by atoms with E-state index in [1.807, 2.05) is 86.0 Å². The summed E-state index contributed by atoms with van der Waals surface area (Å²) in [6.45, 7) is 4.43. The summed E-state index contributed by atoms with van der Waals surface area (Å²) in [5, 5.41) is 4.81. The second-order valence-corrected chi connectivity index (χ2v) is 7.23. The van der Waals surface area contributed by atoms with Crippen LogP contribution < -0.4 is 10.1 Å². The molecule has 5 heteroatoms. The summed E-state index contributed by atoms with van der Waals surface area (Å²) < 4.78 is 6.03. The van der Waals surface area contributed by atoms with Crippen molar-refractivity contribution in [1.82, 2.24) is 0 Å². The molecule has 148 valence electrons. The molecule has 0 spiro atoms. The molecule has 0 aliphatic rings. The number of ether oxygens (including phenoxy) is 1. The summed E-state index contributed by atoms with van der Waals surface area (Å²) in [7, 11) is 0. The van der Waals surface area contributed by atoms with Gasteiger partial charge in [0.15, 0.2) is 0 Å². The van der Waals surface area contributed by atoms with Crippen LogP contribution in [0.15, 0.2) is 77.1 Å². The Balaban J connectivity index is 1.57. The smallest absolute Gasteiger partial charge is 0.265 e. The fraction of sp³-hybridized carbons (Fsp3) is 0.167. The second-order valence-electron chi connectivity index (χ2n) is 6.28. The minimum atomic E-state index is -0.0813. The van der Waals surface area contributed by atoms with Crippen molar-refractivity contribution in [2.45, 2.75) is 20.3 Å². The van der Waals surface area contributed by atoms with Crippen LogP contribution in [-0.4, -0.2) is 18.7 Å². The molecule has 0 aliphatic carbocycles. The molecule has 3 rings (SSSR count). The van der Waals surface area contributed by atoms with E-state index in [1.165, 1.54) is 11.3 Å². The van der Waals surface area contributed by atoms with Crippen molar-refractivity contribution < 1.29 is 9.53 Å². The summed E-state index contributed by atoms with van der Waals surface area (Å²) in [4.78, 5) is 17.2. The van der Waals surface area contributed by atoms with Gasteiger partial charge in [0.05, 0.1) is 17.2 Å².